The number of pyridine rings is 1. The Kier molecular flexibility index (Phi) is 10.7. The van der Waals surface area contributed by atoms with Crippen LogP contribution in [0.5, 0.6) is 17.4 Å². The van der Waals surface area contributed by atoms with Gasteiger partial charge in [0, 0.05) is 31.8 Å². The molecule has 166 valence electrons. The average Bonchev–Trinajstić information content (AvgIpc) is 3.27. The van der Waals surface area contributed by atoms with E-state index < -0.39 is 0 Å². The zero-order valence-corrected chi connectivity index (χ0v) is 20.2. The highest BCUT2D eigenvalue weighted by Crippen LogP contribution is 2.23. The largest absolute Gasteiger partial charge is 0.494 e. The number of aliphatic imine (C=N–C) groups is 1. The first kappa shape index (κ1) is 24.5. The van der Waals surface area contributed by atoms with E-state index in [0.29, 0.717) is 24.8 Å². The minimum absolute atomic E-state index is 0. The van der Waals surface area contributed by atoms with Crippen molar-refractivity contribution in [3.8, 4) is 17.4 Å². The lowest BCUT2D eigenvalue weighted by atomic mass is 10.2. The molecule has 0 radical (unpaired) electrons. The van der Waals surface area contributed by atoms with Crippen molar-refractivity contribution in [2.75, 3.05) is 19.7 Å². The van der Waals surface area contributed by atoms with E-state index in [-0.39, 0.29) is 24.0 Å². The van der Waals surface area contributed by atoms with E-state index in [0.717, 1.165) is 42.5 Å². The topological polar surface area (TPSA) is 80.9 Å². The maximum atomic E-state index is 5.86. The summed E-state index contributed by atoms with van der Waals surface area (Å²) in [6.45, 7) is 6.67. The van der Waals surface area contributed by atoms with Crippen LogP contribution >= 0.6 is 24.0 Å². The summed E-state index contributed by atoms with van der Waals surface area (Å²) >= 11 is 0. The predicted molar refractivity (Wildman–Crippen MR) is 133 cm³/mol. The zero-order chi connectivity index (χ0) is 21.0. The Morgan fingerprint density at radius 2 is 1.87 bits per heavy atom. The molecule has 2 heterocycles. The smallest absolute Gasteiger partial charge is 0.219 e. The summed E-state index contributed by atoms with van der Waals surface area (Å²) in [6, 6.07) is 15.2. The highest BCUT2D eigenvalue weighted by Gasteiger charge is 2.03. The Labute approximate surface area is 200 Å². The van der Waals surface area contributed by atoms with Crippen molar-refractivity contribution in [1.29, 1.82) is 0 Å². The summed E-state index contributed by atoms with van der Waals surface area (Å²) in [5, 5.41) is 6.57. The molecule has 3 aromatic rings. The van der Waals surface area contributed by atoms with Crippen LogP contribution in [0.25, 0.3) is 0 Å². The van der Waals surface area contributed by atoms with Gasteiger partial charge in [-0.1, -0.05) is 0 Å². The van der Waals surface area contributed by atoms with Gasteiger partial charge >= 0.3 is 0 Å². The third-order valence-corrected chi connectivity index (χ3v) is 4.16. The Morgan fingerprint density at radius 1 is 1.06 bits per heavy atom. The van der Waals surface area contributed by atoms with Crippen LogP contribution in [0.2, 0.25) is 0 Å². The van der Waals surface area contributed by atoms with Crippen molar-refractivity contribution in [2.24, 2.45) is 4.99 Å². The molecule has 8 heteroatoms. The number of guanidine groups is 1. The molecule has 1 aromatic carbocycles. The van der Waals surface area contributed by atoms with Crippen LogP contribution in [0.3, 0.4) is 0 Å². The number of aromatic nitrogens is 1. The maximum Gasteiger partial charge on any atom is 0.219 e. The molecule has 0 aliphatic heterocycles. The van der Waals surface area contributed by atoms with Crippen LogP contribution in [0.4, 0.5) is 0 Å². The van der Waals surface area contributed by atoms with Crippen molar-refractivity contribution in [3.63, 3.8) is 0 Å². The molecule has 0 fully saturated rings. The second-order valence-electron chi connectivity index (χ2n) is 6.46. The monoisotopic (exact) mass is 536 g/mol. The van der Waals surface area contributed by atoms with E-state index in [4.69, 9.17) is 13.9 Å². The van der Waals surface area contributed by atoms with Gasteiger partial charge in [-0.05, 0) is 61.9 Å². The number of rotatable bonds is 10. The van der Waals surface area contributed by atoms with E-state index in [9.17, 15) is 0 Å². The van der Waals surface area contributed by atoms with Gasteiger partial charge in [-0.2, -0.15) is 0 Å². The molecule has 0 amide bonds. The van der Waals surface area contributed by atoms with Gasteiger partial charge in [-0.15, -0.1) is 24.0 Å². The van der Waals surface area contributed by atoms with Crippen LogP contribution in [0, 0.1) is 0 Å². The number of hydrogen-bond donors (Lipinski definition) is 2. The molecule has 31 heavy (non-hydrogen) atoms. The minimum Gasteiger partial charge on any atom is -0.494 e. The molecule has 0 bridgehead atoms. The van der Waals surface area contributed by atoms with E-state index in [1.54, 1.807) is 12.5 Å². The highest BCUT2D eigenvalue weighted by molar-refractivity contribution is 14.0. The fourth-order valence-electron chi connectivity index (χ4n) is 2.77. The average molecular weight is 536 g/mol. The summed E-state index contributed by atoms with van der Waals surface area (Å²) in [7, 11) is 0. The second-order valence-corrected chi connectivity index (χ2v) is 6.46. The Hall–Kier alpha value is -2.75. The van der Waals surface area contributed by atoms with E-state index in [1.165, 1.54) is 0 Å². The van der Waals surface area contributed by atoms with Gasteiger partial charge in [0.15, 0.2) is 5.96 Å². The minimum atomic E-state index is 0. The lowest BCUT2D eigenvalue weighted by molar-refractivity contribution is 0.339. The Balaban J connectivity index is 0.00000341. The quantitative estimate of drug-likeness (QED) is 0.221. The lowest BCUT2D eigenvalue weighted by Crippen LogP contribution is -2.38. The van der Waals surface area contributed by atoms with Crippen molar-refractivity contribution < 1.29 is 13.9 Å². The molecule has 0 aliphatic rings. The SMILES string of the molecule is CCNC(=NCc1ccnc(Oc2ccc(OCC)cc2)c1)NCCc1ccco1.I. The van der Waals surface area contributed by atoms with E-state index in [1.807, 2.05) is 62.4 Å². The van der Waals surface area contributed by atoms with Gasteiger partial charge in [-0.25, -0.2) is 9.98 Å². The molecule has 0 atom stereocenters. The van der Waals surface area contributed by atoms with Crippen LogP contribution in [-0.2, 0) is 13.0 Å². The van der Waals surface area contributed by atoms with Gasteiger partial charge in [0.2, 0.25) is 5.88 Å². The number of nitrogens with one attached hydrogen (secondary N) is 2. The summed E-state index contributed by atoms with van der Waals surface area (Å²) in [5.41, 5.74) is 1.01. The summed E-state index contributed by atoms with van der Waals surface area (Å²) < 4.78 is 16.7. The maximum absolute atomic E-state index is 5.86. The second kappa shape index (κ2) is 13.5. The zero-order valence-electron chi connectivity index (χ0n) is 17.8. The number of ether oxygens (including phenoxy) is 2. The Morgan fingerprint density at radius 3 is 2.58 bits per heavy atom. The van der Waals surface area contributed by atoms with Crippen LogP contribution in [-0.4, -0.2) is 30.6 Å². The van der Waals surface area contributed by atoms with Gasteiger partial charge in [-0.3, -0.25) is 0 Å². The van der Waals surface area contributed by atoms with Crippen LogP contribution in [0.1, 0.15) is 25.2 Å². The molecule has 0 saturated carbocycles. The molecule has 0 unspecified atom stereocenters. The molecule has 7 nitrogen and oxygen atoms in total. The van der Waals surface area contributed by atoms with E-state index >= 15 is 0 Å². The molecule has 0 aliphatic carbocycles. The van der Waals surface area contributed by atoms with Gasteiger partial charge in [0.05, 0.1) is 19.4 Å². The van der Waals surface area contributed by atoms with Crippen molar-refractivity contribution in [1.82, 2.24) is 15.6 Å². The molecule has 2 N–H and O–H groups in total. The molecule has 0 spiro atoms. The van der Waals surface area contributed by atoms with Gasteiger partial charge < -0.3 is 24.5 Å². The summed E-state index contributed by atoms with van der Waals surface area (Å²) in [4.78, 5) is 8.94. The molecule has 2 aromatic heterocycles. The normalized spacial score (nSPS) is 10.8. The first-order valence-corrected chi connectivity index (χ1v) is 10.2. The fourth-order valence-corrected chi connectivity index (χ4v) is 2.77. The fraction of sp³-hybridized carbons (Fsp3) is 0.304. The van der Waals surface area contributed by atoms with Crippen LogP contribution < -0.4 is 20.1 Å². The van der Waals surface area contributed by atoms with E-state index in [2.05, 4.69) is 20.6 Å². The number of benzene rings is 1. The molecule has 3 rings (SSSR count). The molecular weight excluding hydrogens is 507 g/mol. The standard InChI is InChI=1S/C23H28N4O3.HI/c1-3-24-23(26-14-12-19-6-5-15-29-19)27-17-18-11-13-25-22(16-18)30-21-9-7-20(8-10-21)28-4-2;/h5-11,13,15-16H,3-4,12,14,17H2,1-2H3,(H2,24,26,27);1H. The van der Waals surface area contributed by atoms with Crippen molar-refractivity contribution in [2.45, 2.75) is 26.8 Å². The van der Waals surface area contributed by atoms with Crippen molar-refractivity contribution in [3.05, 3.63) is 72.3 Å². The van der Waals surface area contributed by atoms with Crippen LogP contribution in [0.15, 0.2) is 70.4 Å². The first-order valence-electron chi connectivity index (χ1n) is 10.2. The predicted octanol–water partition coefficient (Wildman–Crippen LogP) is 4.78. The first-order chi connectivity index (χ1) is 14.8. The summed E-state index contributed by atoms with van der Waals surface area (Å²) in [6.07, 6.45) is 4.21. The third kappa shape index (κ3) is 8.49. The number of halogens is 1. The summed E-state index contributed by atoms with van der Waals surface area (Å²) in [5.74, 6) is 3.76. The lowest BCUT2D eigenvalue weighted by Gasteiger charge is -2.11. The Bertz CT molecular complexity index is 915. The van der Waals surface area contributed by atoms with Gasteiger partial charge in [0.1, 0.15) is 17.3 Å². The number of nitrogens with zero attached hydrogens (tertiary/aromatic N) is 2. The highest BCUT2D eigenvalue weighted by atomic mass is 127. The third-order valence-electron chi connectivity index (χ3n) is 4.16. The number of hydrogen-bond acceptors (Lipinski definition) is 5. The number of furan rings is 1. The van der Waals surface area contributed by atoms with Gasteiger partial charge in [0.25, 0.3) is 0 Å². The molecule has 0 saturated heterocycles. The van der Waals surface area contributed by atoms with Crippen molar-refractivity contribution >= 4 is 29.9 Å². The molecular formula is C23H29IN4O3.